The molecule has 0 unspecified atom stereocenters. The minimum Gasteiger partial charge on any atom is -0.494 e. The highest BCUT2D eigenvalue weighted by atomic mass is 19.1. The summed E-state index contributed by atoms with van der Waals surface area (Å²) in [4.78, 5) is 16.9. The van der Waals surface area contributed by atoms with Gasteiger partial charge in [0.2, 0.25) is 0 Å². The summed E-state index contributed by atoms with van der Waals surface area (Å²) >= 11 is 0. The summed E-state index contributed by atoms with van der Waals surface area (Å²) in [6.45, 7) is 0. The van der Waals surface area contributed by atoms with E-state index in [9.17, 15) is 18.8 Å². The average Bonchev–Trinajstić information content (AvgIpc) is 3.09. The number of anilines is 2. The van der Waals surface area contributed by atoms with Crippen LogP contribution in [0.4, 0.5) is 20.3 Å². The van der Waals surface area contributed by atoms with Gasteiger partial charge < -0.3 is 15.4 Å². The molecule has 0 radical (unpaired) electrons. The number of ether oxygens (including phenoxy) is 1. The second kappa shape index (κ2) is 7.58. The van der Waals surface area contributed by atoms with Crippen molar-refractivity contribution in [2.45, 2.75) is 31.2 Å². The Morgan fingerprint density at radius 2 is 1.89 bits per heavy atom. The van der Waals surface area contributed by atoms with E-state index >= 15 is 0 Å². The molecule has 2 aromatic rings. The molecule has 3 rings (SSSR count). The SMILES string of the molecule is COc1ccc(Nc2cc(F)cc(F)c2)nc1C(=O)NC1(C#N)CCCC1. The minimum absolute atomic E-state index is 0.0131. The highest BCUT2D eigenvalue weighted by Gasteiger charge is 2.36. The van der Waals surface area contributed by atoms with Gasteiger partial charge in [0.1, 0.15) is 28.7 Å². The van der Waals surface area contributed by atoms with Crippen LogP contribution < -0.4 is 15.4 Å². The fourth-order valence-corrected chi connectivity index (χ4v) is 3.14. The van der Waals surface area contributed by atoms with Crippen LogP contribution in [0.1, 0.15) is 36.2 Å². The number of aromatic nitrogens is 1. The molecule has 0 bridgehead atoms. The summed E-state index contributed by atoms with van der Waals surface area (Å²) in [5.74, 6) is -1.57. The number of hydrogen-bond donors (Lipinski definition) is 2. The number of carbonyl (C=O) groups excluding carboxylic acids is 1. The Labute approximate surface area is 155 Å². The Bertz CT molecular complexity index is 885. The van der Waals surface area contributed by atoms with E-state index in [2.05, 4.69) is 21.7 Å². The fourth-order valence-electron chi connectivity index (χ4n) is 3.14. The molecule has 1 heterocycles. The van der Waals surface area contributed by atoms with E-state index in [-0.39, 0.29) is 22.9 Å². The lowest BCUT2D eigenvalue weighted by Gasteiger charge is -2.22. The van der Waals surface area contributed by atoms with Crippen LogP contribution in [-0.2, 0) is 0 Å². The van der Waals surface area contributed by atoms with Crippen LogP contribution in [0.5, 0.6) is 5.75 Å². The van der Waals surface area contributed by atoms with E-state index in [4.69, 9.17) is 4.74 Å². The van der Waals surface area contributed by atoms with Crippen LogP contribution >= 0.6 is 0 Å². The van der Waals surface area contributed by atoms with Gasteiger partial charge in [0.05, 0.1) is 13.2 Å². The maximum absolute atomic E-state index is 13.4. The third kappa shape index (κ3) is 4.14. The first-order chi connectivity index (χ1) is 12.9. The van der Waals surface area contributed by atoms with Crippen molar-refractivity contribution < 1.29 is 18.3 Å². The first-order valence-corrected chi connectivity index (χ1v) is 8.47. The molecule has 1 amide bonds. The first kappa shape index (κ1) is 18.6. The van der Waals surface area contributed by atoms with E-state index in [1.165, 1.54) is 19.2 Å². The molecule has 1 aromatic carbocycles. The lowest BCUT2D eigenvalue weighted by atomic mass is 9.99. The zero-order valence-corrected chi connectivity index (χ0v) is 14.7. The van der Waals surface area contributed by atoms with Crippen LogP contribution in [0.2, 0.25) is 0 Å². The zero-order chi connectivity index (χ0) is 19.4. The Balaban J connectivity index is 1.87. The number of carbonyl (C=O) groups is 1. The van der Waals surface area contributed by atoms with Crippen LogP contribution in [0.15, 0.2) is 30.3 Å². The van der Waals surface area contributed by atoms with Crippen molar-refractivity contribution in [3.8, 4) is 11.8 Å². The Hall–Kier alpha value is -3.21. The number of hydrogen-bond acceptors (Lipinski definition) is 5. The molecule has 2 N–H and O–H groups in total. The third-order valence-electron chi connectivity index (χ3n) is 4.45. The van der Waals surface area contributed by atoms with Gasteiger partial charge in [-0.15, -0.1) is 0 Å². The average molecular weight is 372 g/mol. The van der Waals surface area contributed by atoms with Crippen molar-refractivity contribution in [3.63, 3.8) is 0 Å². The molecule has 0 spiro atoms. The predicted molar refractivity (Wildman–Crippen MR) is 94.7 cm³/mol. The molecule has 0 saturated heterocycles. The number of benzene rings is 1. The van der Waals surface area contributed by atoms with Crippen LogP contribution in [0.25, 0.3) is 0 Å². The maximum atomic E-state index is 13.4. The largest absolute Gasteiger partial charge is 0.494 e. The number of amides is 1. The molecule has 6 nitrogen and oxygen atoms in total. The number of halogens is 2. The molecule has 0 aliphatic heterocycles. The van der Waals surface area contributed by atoms with Gasteiger partial charge in [0.15, 0.2) is 5.69 Å². The summed E-state index contributed by atoms with van der Waals surface area (Å²) < 4.78 is 31.9. The van der Waals surface area contributed by atoms with Crippen LogP contribution in [0, 0.1) is 23.0 Å². The van der Waals surface area contributed by atoms with E-state index in [1.807, 2.05) is 0 Å². The van der Waals surface area contributed by atoms with Gasteiger partial charge in [-0.05, 0) is 49.9 Å². The van der Waals surface area contributed by atoms with Crippen molar-refractivity contribution in [2.24, 2.45) is 0 Å². The van der Waals surface area contributed by atoms with Crippen LogP contribution in [0.3, 0.4) is 0 Å². The van der Waals surface area contributed by atoms with Crippen molar-refractivity contribution in [2.75, 3.05) is 12.4 Å². The van der Waals surface area contributed by atoms with Gasteiger partial charge >= 0.3 is 0 Å². The predicted octanol–water partition coefficient (Wildman–Crippen LogP) is 3.68. The number of rotatable bonds is 5. The monoisotopic (exact) mass is 372 g/mol. The van der Waals surface area contributed by atoms with Crippen molar-refractivity contribution in [3.05, 3.63) is 47.7 Å². The fraction of sp³-hybridized carbons (Fsp3) is 0.316. The van der Waals surface area contributed by atoms with Gasteiger partial charge in [-0.2, -0.15) is 5.26 Å². The molecule has 1 aliphatic carbocycles. The number of nitrogens with zero attached hydrogens (tertiary/aromatic N) is 2. The second-order valence-electron chi connectivity index (χ2n) is 6.39. The van der Waals surface area contributed by atoms with Gasteiger partial charge in [0.25, 0.3) is 5.91 Å². The smallest absolute Gasteiger partial charge is 0.275 e. The molecule has 1 aliphatic rings. The second-order valence-corrected chi connectivity index (χ2v) is 6.39. The maximum Gasteiger partial charge on any atom is 0.275 e. The summed E-state index contributed by atoms with van der Waals surface area (Å²) in [5.41, 5.74) is -0.763. The first-order valence-electron chi connectivity index (χ1n) is 8.47. The van der Waals surface area contributed by atoms with Crippen LogP contribution in [-0.4, -0.2) is 23.5 Å². The number of methoxy groups -OCH3 is 1. The van der Waals surface area contributed by atoms with Gasteiger partial charge in [-0.1, -0.05) is 0 Å². The third-order valence-corrected chi connectivity index (χ3v) is 4.45. The van der Waals surface area contributed by atoms with Gasteiger partial charge in [0, 0.05) is 11.8 Å². The van der Waals surface area contributed by atoms with E-state index in [0.29, 0.717) is 12.8 Å². The normalized spacial score (nSPS) is 15.0. The molecule has 27 heavy (non-hydrogen) atoms. The van der Waals surface area contributed by atoms with E-state index in [0.717, 1.165) is 31.0 Å². The Morgan fingerprint density at radius 3 is 2.48 bits per heavy atom. The Kier molecular flexibility index (Phi) is 5.21. The molecule has 1 saturated carbocycles. The van der Waals surface area contributed by atoms with Crippen molar-refractivity contribution >= 4 is 17.4 Å². The summed E-state index contributed by atoms with van der Waals surface area (Å²) in [7, 11) is 1.40. The quantitative estimate of drug-likeness (QED) is 0.836. The summed E-state index contributed by atoms with van der Waals surface area (Å²) in [6.07, 6.45) is 2.90. The number of nitriles is 1. The Morgan fingerprint density at radius 1 is 1.22 bits per heavy atom. The summed E-state index contributed by atoms with van der Waals surface area (Å²) in [6, 6.07) is 8.20. The van der Waals surface area contributed by atoms with E-state index < -0.39 is 23.1 Å². The highest BCUT2D eigenvalue weighted by Crippen LogP contribution is 2.30. The zero-order valence-electron chi connectivity index (χ0n) is 14.7. The van der Waals surface area contributed by atoms with Crippen molar-refractivity contribution in [1.82, 2.24) is 10.3 Å². The molecule has 140 valence electrons. The number of pyridine rings is 1. The molecule has 0 atom stereocenters. The number of nitrogens with one attached hydrogen (secondary N) is 2. The molecule has 8 heteroatoms. The van der Waals surface area contributed by atoms with Gasteiger partial charge in [-0.25, -0.2) is 13.8 Å². The highest BCUT2D eigenvalue weighted by molar-refractivity contribution is 5.96. The molecule has 1 fully saturated rings. The van der Waals surface area contributed by atoms with Crippen molar-refractivity contribution in [1.29, 1.82) is 5.26 Å². The van der Waals surface area contributed by atoms with Gasteiger partial charge in [-0.3, -0.25) is 4.79 Å². The standard InChI is InChI=1S/C19H18F2N4O2/c1-27-15-4-5-16(23-14-9-12(20)8-13(21)10-14)24-17(15)18(26)25-19(11-22)6-2-3-7-19/h4-5,8-10H,2-3,6-7H2,1H3,(H,23,24)(H,25,26). The lowest BCUT2D eigenvalue weighted by molar-refractivity contribution is 0.0912. The molecular weight excluding hydrogens is 354 g/mol. The summed E-state index contributed by atoms with van der Waals surface area (Å²) in [5, 5.41) is 15.0. The molecular formula is C19H18F2N4O2. The molecule has 1 aromatic heterocycles. The minimum atomic E-state index is -0.904. The topological polar surface area (TPSA) is 87.0 Å². The van der Waals surface area contributed by atoms with E-state index in [1.54, 1.807) is 0 Å². The lowest BCUT2D eigenvalue weighted by Crippen LogP contribution is -2.45.